The highest BCUT2D eigenvalue weighted by Gasteiger charge is 2.00. The molecule has 68 valence electrons. The first-order valence-electron chi connectivity index (χ1n) is 3.83. The molecule has 1 rings (SSSR count). The van der Waals surface area contributed by atoms with E-state index in [2.05, 4.69) is 5.92 Å². The van der Waals surface area contributed by atoms with Gasteiger partial charge in [0.1, 0.15) is 12.4 Å². The molecular formula is C10H11NO2. The summed E-state index contributed by atoms with van der Waals surface area (Å²) in [4.78, 5) is 0. The van der Waals surface area contributed by atoms with Crippen LogP contribution in [-0.2, 0) is 6.61 Å². The smallest absolute Gasteiger partial charge is 0.148 e. The van der Waals surface area contributed by atoms with Crippen LogP contribution in [0.2, 0.25) is 0 Å². The van der Waals surface area contributed by atoms with Gasteiger partial charge in [0.25, 0.3) is 0 Å². The van der Waals surface area contributed by atoms with Gasteiger partial charge in [-0.2, -0.15) is 0 Å². The van der Waals surface area contributed by atoms with E-state index in [1.807, 2.05) is 0 Å². The Labute approximate surface area is 77.1 Å². The zero-order chi connectivity index (χ0) is 9.68. The third-order valence-electron chi connectivity index (χ3n) is 1.57. The van der Waals surface area contributed by atoms with Gasteiger partial charge in [-0.25, -0.2) is 0 Å². The van der Waals surface area contributed by atoms with Crippen LogP contribution >= 0.6 is 0 Å². The van der Waals surface area contributed by atoms with Crippen molar-refractivity contribution >= 4 is 5.69 Å². The van der Waals surface area contributed by atoms with E-state index in [1.54, 1.807) is 18.2 Å². The van der Waals surface area contributed by atoms with Gasteiger partial charge >= 0.3 is 0 Å². The Balaban J connectivity index is 2.80. The molecule has 0 fully saturated rings. The molecule has 1 aromatic carbocycles. The van der Waals surface area contributed by atoms with Gasteiger partial charge in [-0.05, 0) is 17.7 Å². The normalized spacial score (nSPS) is 9.23. The van der Waals surface area contributed by atoms with Crippen molar-refractivity contribution in [1.29, 1.82) is 0 Å². The second-order valence-corrected chi connectivity index (χ2v) is 2.52. The van der Waals surface area contributed by atoms with E-state index in [-0.39, 0.29) is 13.2 Å². The van der Waals surface area contributed by atoms with Crippen LogP contribution in [0.3, 0.4) is 0 Å². The number of anilines is 1. The van der Waals surface area contributed by atoms with E-state index < -0.39 is 0 Å². The summed E-state index contributed by atoms with van der Waals surface area (Å²) < 4.78 is 5.14. The molecule has 3 N–H and O–H groups in total. The van der Waals surface area contributed by atoms with Gasteiger partial charge in [0.15, 0.2) is 0 Å². The molecule has 3 nitrogen and oxygen atoms in total. The Kier molecular flexibility index (Phi) is 3.18. The maximum atomic E-state index is 8.80. The molecule has 0 aliphatic heterocycles. The van der Waals surface area contributed by atoms with Crippen LogP contribution < -0.4 is 10.5 Å². The number of terminal acetylenes is 1. The molecular weight excluding hydrogens is 166 g/mol. The highest BCUT2D eigenvalue weighted by Crippen LogP contribution is 2.22. The standard InChI is InChI=1S/C10H11NO2/c1-2-5-13-10-4-3-8(7-12)6-9(10)11/h1,3-4,6,12H,5,7,11H2. The SMILES string of the molecule is C#CCOc1ccc(CO)cc1N. The van der Waals surface area contributed by atoms with Gasteiger partial charge < -0.3 is 15.6 Å². The molecule has 0 heterocycles. The van der Waals surface area contributed by atoms with E-state index in [0.29, 0.717) is 11.4 Å². The summed E-state index contributed by atoms with van der Waals surface area (Å²) in [5.41, 5.74) is 6.88. The van der Waals surface area contributed by atoms with Crippen LogP contribution in [0.5, 0.6) is 5.75 Å². The summed E-state index contributed by atoms with van der Waals surface area (Å²) in [5.74, 6) is 2.90. The van der Waals surface area contributed by atoms with Gasteiger partial charge in [0.05, 0.1) is 12.3 Å². The van der Waals surface area contributed by atoms with Crippen molar-refractivity contribution in [2.75, 3.05) is 12.3 Å². The van der Waals surface area contributed by atoms with Crippen molar-refractivity contribution in [3.05, 3.63) is 23.8 Å². The summed E-state index contributed by atoms with van der Waals surface area (Å²) in [5, 5.41) is 8.80. The fraction of sp³-hybridized carbons (Fsp3) is 0.200. The number of aliphatic hydroxyl groups is 1. The summed E-state index contributed by atoms with van der Waals surface area (Å²) in [6.07, 6.45) is 5.03. The van der Waals surface area contributed by atoms with E-state index >= 15 is 0 Å². The number of benzene rings is 1. The van der Waals surface area contributed by atoms with Crippen LogP contribution in [0.25, 0.3) is 0 Å². The summed E-state index contributed by atoms with van der Waals surface area (Å²) >= 11 is 0. The second kappa shape index (κ2) is 4.39. The molecule has 0 aromatic heterocycles. The molecule has 3 heteroatoms. The molecule has 0 saturated heterocycles. The van der Waals surface area contributed by atoms with Gasteiger partial charge in [-0.1, -0.05) is 12.0 Å². The molecule has 0 saturated carbocycles. The first-order valence-corrected chi connectivity index (χ1v) is 3.83. The number of hydrogen-bond acceptors (Lipinski definition) is 3. The van der Waals surface area contributed by atoms with Gasteiger partial charge in [0.2, 0.25) is 0 Å². The molecule has 0 radical (unpaired) electrons. The van der Waals surface area contributed by atoms with Crippen molar-refractivity contribution in [3.63, 3.8) is 0 Å². The number of aliphatic hydroxyl groups excluding tert-OH is 1. The van der Waals surface area contributed by atoms with Crippen molar-refractivity contribution < 1.29 is 9.84 Å². The van der Waals surface area contributed by atoms with Crippen molar-refractivity contribution in [2.45, 2.75) is 6.61 Å². The monoisotopic (exact) mass is 177 g/mol. The molecule has 13 heavy (non-hydrogen) atoms. The van der Waals surface area contributed by atoms with Crippen LogP contribution in [0.15, 0.2) is 18.2 Å². The molecule has 0 bridgehead atoms. The van der Waals surface area contributed by atoms with Gasteiger partial charge in [0, 0.05) is 0 Å². The Morgan fingerprint density at radius 3 is 2.85 bits per heavy atom. The third kappa shape index (κ3) is 2.39. The van der Waals surface area contributed by atoms with Crippen LogP contribution in [0.1, 0.15) is 5.56 Å². The quantitative estimate of drug-likeness (QED) is 0.529. The highest BCUT2D eigenvalue weighted by molar-refractivity contribution is 5.54. The van der Waals surface area contributed by atoms with Gasteiger partial charge in [-0.3, -0.25) is 0 Å². The Hall–Kier alpha value is -1.66. The summed E-state index contributed by atoms with van der Waals surface area (Å²) in [6.45, 7) is 0.169. The number of hydrogen-bond donors (Lipinski definition) is 2. The molecule has 1 aromatic rings. The van der Waals surface area contributed by atoms with E-state index in [9.17, 15) is 0 Å². The Bertz CT molecular complexity index is 328. The topological polar surface area (TPSA) is 55.5 Å². The van der Waals surface area contributed by atoms with Crippen LogP contribution in [-0.4, -0.2) is 11.7 Å². The molecule has 0 spiro atoms. The molecule has 0 amide bonds. The van der Waals surface area contributed by atoms with Crippen LogP contribution in [0, 0.1) is 12.3 Å². The number of nitrogens with two attached hydrogens (primary N) is 1. The average Bonchev–Trinajstić information content (AvgIpc) is 2.16. The molecule has 0 unspecified atom stereocenters. The predicted molar refractivity (Wildman–Crippen MR) is 51.1 cm³/mol. The van der Waals surface area contributed by atoms with E-state index in [0.717, 1.165) is 5.56 Å². The fourth-order valence-corrected chi connectivity index (χ4v) is 0.947. The second-order valence-electron chi connectivity index (χ2n) is 2.52. The lowest BCUT2D eigenvalue weighted by Crippen LogP contribution is -1.98. The average molecular weight is 177 g/mol. The van der Waals surface area contributed by atoms with Crippen LogP contribution in [0.4, 0.5) is 5.69 Å². The first-order chi connectivity index (χ1) is 6.27. The minimum Gasteiger partial charge on any atom is -0.479 e. The summed E-state index contributed by atoms with van der Waals surface area (Å²) in [6, 6.07) is 5.09. The zero-order valence-corrected chi connectivity index (χ0v) is 7.16. The van der Waals surface area contributed by atoms with E-state index in [4.69, 9.17) is 22.0 Å². The fourth-order valence-electron chi connectivity index (χ4n) is 0.947. The molecule has 0 atom stereocenters. The lowest BCUT2D eigenvalue weighted by atomic mass is 10.2. The minimum absolute atomic E-state index is 0.0282. The lowest BCUT2D eigenvalue weighted by Gasteiger charge is -2.06. The number of rotatable bonds is 3. The van der Waals surface area contributed by atoms with Gasteiger partial charge in [-0.15, -0.1) is 6.42 Å². The summed E-state index contributed by atoms with van der Waals surface area (Å²) in [7, 11) is 0. The predicted octanol–water partition coefficient (Wildman–Crippen LogP) is 0.773. The lowest BCUT2D eigenvalue weighted by molar-refractivity contribution is 0.281. The minimum atomic E-state index is -0.0282. The Morgan fingerprint density at radius 2 is 2.31 bits per heavy atom. The third-order valence-corrected chi connectivity index (χ3v) is 1.57. The number of ether oxygens (including phenoxy) is 1. The first kappa shape index (κ1) is 9.43. The maximum Gasteiger partial charge on any atom is 0.148 e. The zero-order valence-electron chi connectivity index (χ0n) is 7.16. The molecule has 0 aliphatic carbocycles. The highest BCUT2D eigenvalue weighted by atomic mass is 16.5. The van der Waals surface area contributed by atoms with Crippen molar-refractivity contribution in [1.82, 2.24) is 0 Å². The maximum absolute atomic E-state index is 8.80. The Morgan fingerprint density at radius 1 is 1.54 bits per heavy atom. The van der Waals surface area contributed by atoms with Crippen molar-refractivity contribution in [2.24, 2.45) is 0 Å². The van der Waals surface area contributed by atoms with Crippen molar-refractivity contribution in [3.8, 4) is 18.1 Å². The van der Waals surface area contributed by atoms with E-state index in [1.165, 1.54) is 0 Å². The molecule has 0 aliphatic rings. The number of nitrogen functional groups attached to an aromatic ring is 1. The largest absolute Gasteiger partial charge is 0.479 e.